The zero-order valence-corrected chi connectivity index (χ0v) is 17.1. The molecule has 5 heteroatoms. The highest BCUT2D eigenvalue weighted by Crippen LogP contribution is 2.26. The van der Waals surface area contributed by atoms with Gasteiger partial charge in [0.2, 0.25) is 0 Å². The molecule has 1 aromatic rings. The Morgan fingerprint density at radius 3 is 2.44 bits per heavy atom. The zero-order valence-electron chi connectivity index (χ0n) is 17.1. The van der Waals surface area contributed by atoms with E-state index >= 15 is 0 Å². The van der Waals surface area contributed by atoms with Crippen molar-refractivity contribution in [2.24, 2.45) is 11.8 Å². The molecule has 0 unspecified atom stereocenters. The van der Waals surface area contributed by atoms with Crippen molar-refractivity contribution < 1.29 is 9.90 Å². The van der Waals surface area contributed by atoms with Crippen molar-refractivity contribution in [3.05, 3.63) is 35.4 Å². The summed E-state index contributed by atoms with van der Waals surface area (Å²) in [6.07, 6.45) is 1.19. The molecule has 0 aromatic heterocycles. The normalized spacial score (nSPS) is 25.1. The van der Waals surface area contributed by atoms with Gasteiger partial charge in [-0.05, 0) is 56.1 Å². The smallest absolute Gasteiger partial charge is 0.253 e. The second kappa shape index (κ2) is 9.18. The maximum Gasteiger partial charge on any atom is 0.253 e. The van der Waals surface area contributed by atoms with E-state index in [0.717, 1.165) is 44.8 Å². The molecule has 5 nitrogen and oxygen atoms in total. The zero-order chi connectivity index (χ0) is 19.4. The number of nitrogens with zero attached hydrogens (tertiary/aromatic N) is 3. The summed E-state index contributed by atoms with van der Waals surface area (Å²) in [6.45, 7) is 11.3. The number of carbonyl (C=O) groups is 1. The number of hydrogen-bond acceptors (Lipinski definition) is 4. The van der Waals surface area contributed by atoms with Crippen LogP contribution in [0.4, 0.5) is 0 Å². The molecular weight excluding hydrogens is 338 g/mol. The number of likely N-dealkylation sites (tertiary alicyclic amines) is 1. The lowest BCUT2D eigenvalue weighted by atomic mass is 9.96. The number of carbonyl (C=O) groups excluding carboxylic acids is 1. The van der Waals surface area contributed by atoms with Crippen LogP contribution in [-0.4, -0.2) is 85.2 Å². The number of aliphatic hydroxyl groups is 1. The lowest BCUT2D eigenvalue weighted by Crippen LogP contribution is -2.36. The van der Waals surface area contributed by atoms with Crippen LogP contribution in [-0.2, 0) is 0 Å². The minimum Gasteiger partial charge on any atom is -0.396 e. The van der Waals surface area contributed by atoms with Crippen LogP contribution < -0.4 is 0 Å². The number of rotatable bonds is 5. The van der Waals surface area contributed by atoms with Gasteiger partial charge < -0.3 is 19.8 Å². The van der Waals surface area contributed by atoms with E-state index in [-0.39, 0.29) is 18.4 Å². The molecule has 2 heterocycles. The predicted molar refractivity (Wildman–Crippen MR) is 109 cm³/mol. The third-order valence-electron chi connectivity index (χ3n) is 6.23. The SMILES string of the molecule is CC(C)c1ccc(C(=O)N2C[C@@H](CN3CCCN(C)CC3)[C@@H](CO)C2)cc1. The molecule has 0 aliphatic carbocycles. The number of likely N-dealkylation sites (N-methyl/N-ethyl adjacent to an activating group) is 1. The summed E-state index contributed by atoms with van der Waals surface area (Å²) < 4.78 is 0. The van der Waals surface area contributed by atoms with Crippen molar-refractivity contribution in [1.82, 2.24) is 14.7 Å². The van der Waals surface area contributed by atoms with Gasteiger partial charge in [-0.25, -0.2) is 0 Å². The van der Waals surface area contributed by atoms with Crippen LogP contribution >= 0.6 is 0 Å². The van der Waals surface area contributed by atoms with E-state index in [0.29, 0.717) is 18.4 Å². The van der Waals surface area contributed by atoms with Crippen LogP contribution in [0.5, 0.6) is 0 Å². The summed E-state index contributed by atoms with van der Waals surface area (Å²) >= 11 is 0. The molecule has 2 aliphatic heterocycles. The lowest BCUT2D eigenvalue weighted by molar-refractivity contribution is 0.0779. The highest BCUT2D eigenvalue weighted by atomic mass is 16.3. The van der Waals surface area contributed by atoms with E-state index in [1.165, 1.54) is 12.0 Å². The van der Waals surface area contributed by atoms with Crippen molar-refractivity contribution in [2.75, 3.05) is 59.5 Å². The van der Waals surface area contributed by atoms with Gasteiger partial charge in [0.05, 0.1) is 0 Å². The van der Waals surface area contributed by atoms with Gasteiger partial charge in [-0.1, -0.05) is 26.0 Å². The molecule has 0 saturated carbocycles. The van der Waals surface area contributed by atoms with Crippen molar-refractivity contribution in [1.29, 1.82) is 0 Å². The third-order valence-corrected chi connectivity index (χ3v) is 6.23. The summed E-state index contributed by atoms with van der Waals surface area (Å²) in [6, 6.07) is 8.01. The standard InChI is InChI=1S/C22H35N3O2/c1-17(2)18-5-7-19(8-6-18)22(27)25-14-20(21(15-25)16-26)13-24-10-4-9-23(3)11-12-24/h5-8,17,20-21,26H,4,9-16H2,1-3H3/t20-,21-/m1/s1. The average molecular weight is 374 g/mol. The number of hydrogen-bond donors (Lipinski definition) is 1. The summed E-state index contributed by atoms with van der Waals surface area (Å²) in [5.41, 5.74) is 2.01. The first-order valence-electron chi connectivity index (χ1n) is 10.4. The van der Waals surface area contributed by atoms with Crippen LogP contribution in [0.25, 0.3) is 0 Å². The second-order valence-electron chi connectivity index (χ2n) is 8.65. The summed E-state index contributed by atoms with van der Waals surface area (Å²) in [7, 11) is 2.18. The lowest BCUT2D eigenvalue weighted by Gasteiger charge is -2.26. The minimum atomic E-state index is 0.0989. The van der Waals surface area contributed by atoms with Gasteiger partial charge in [0, 0.05) is 50.8 Å². The Bertz CT molecular complexity index is 616. The van der Waals surface area contributed by atoms with Crippen LogP contribution in [0.15, 0.2) is 24.3 Å². The average Bonchev–Trinajstić information content (AvgIpc) is 2.96. The highest BCUT2D eigenvalue weighted by molar-refractivity contribution is 5.94. The van der Waals surface area contributed by atoms with E-state index in [1.54, 1.807) is 0 Å². The molecule has 2 saturated heterocycles. The Morgan fingerprint density at radius 2 is 1.78 bits per heavy atom. The molecule has 27 heavy (non-hydrogen) atoms. The van der Waals surface area contributed by atoms with Crippen LogP contribution in [0.1, 0.15) is 42.1 Å². The molecule has 3 rings (SSSR count). The van der Waals surface area contributed by atoms with Crippen molar-refractivity contribution in [3.63, 3.8) is 0 Å². The summed E-state index contributed by atoms with van der Waals surface area (Å²) in [5, 5.41) is 9.87. The first kappa shape index (κ1) is 20.3. The fourth-order valence-electron chi connectivity index (χ4n) is 4.33. The van der Waals surface area contributed by atoms with Gasteiger partial charge in [-0.15, -0.1) is 0 Å². The van der Waals surface area contributed by atoms with Gasteiger partial charge in [0.25, 0.3) is 5.91 Å². The Morgan fingerprint density at radius 1 is 1.07 bits per heavy atom. The molecule has 0 bridgehead atoms. The first-order valence-corrected chi connectivity index (χ1v) is 10.4. The van der Waals surface area contributed by atoms with E-state index in [9.17, 15) is 9.90 Å². The van der Waals surface area contributed by atoms with E-state index in [1.807, 2.05) is 17.0 Å². The topological polar surface area (TPSA) is 47.0 Å². The molecular formula is C22H35N3O2. The van der Waals surface area contributed by atoms with Gasteiger partial charge in [0.15, 0.2) is 0 Å². The molecule has 2 fully saturated rings. The van der Waals surface area contributed by atoms with Gasteiger partial charge >= 0.3 is 0 Å². The Labute approximate surface area is 163 Å². The van der Waals surface area contributed by atoms with Crippen LogP contribution in [0.2, 0.25) is 0 Å². The van der Waals surface area contributed by atoms with E-state index in [2.05, 4.69) is 42.8 Å². The fraction of sp³-hybridized carbons (Fsp3) is 0.682. The summed E-state index contributed by atoms with van der Waals surface area (Å²) in [5.74, 6) is 1.11. The minimum absolute atomic E-state index is 0.0989. The highest BCUT2D eigenvalue weighted by Gasteiger charge is 2.36. The number of benzene rings is 1. The fourth-order valence-corrected chi connectivity index (χ4v) is 4.33. The third kappa shape index (κ3) is 5.09. The molecule has 1 amide bonds. The van der Waals surface area contributed by atoms with E-state index in [4.69, 9.17) is 0 Å². The van der Waals surface area contributed by atoms with Gasteiger partial charge in [0.1, 0.15) is 0 Å². The Balaban J connectivity index is 1.61. The molecule has 0 radical (unpaired) electrons. The van der Waals surface area contributed by atoms with Crippen LogP contribution in [0, 0.1) is 11.8 Å². The Hall–Kier alpha value is -1.43. The molecule has 2 aliphatic rings. The number of amides is 1. The quantitative estimate of drug-likeness (QED) is 0.859. The maximum absolute atomic E-state index is 12.9. The molecule has 2 atom stereocenters. The van der Waals surface area contributed by atoms with Crippen molar-refractivity contribution in [2.45, 2.75) is 26.2 Å². The second-order valence-corrected chi connectivity index (χ2v) is 8.65. The van der Waals surface area contributed by atoms with Crippen LogP contribution in [0.3, 0.4) is 0 Å². The maximum atomic E-state index is 12.9. The van der Waals surface area contributed by atoms with E-state index < -0.39 is 0 Å². The monoisotopic (exact) mass is 373 g/mol. The molecule has 0 spiro atoms. The van der Waals surface area contributed by atoms with Gasteiger partial charge in [-0.2, -0.15) is 0 Å². The first-order chi connectivity index (χ1) is 13.0. The largest absolute Gasteiger partial charge is 0.396 e. The van der Waals surface area contributed by atoms with Crippen molar-refractivity contribution >= 4 is 5.91 Å². The molecule has 1 N–H and O–H groups in total. The molecule has 150 valence electrons. The number of aliphatic hydroxyl groups excluding tert-OH is 1. The Kier molecular flexibility index (Phi) is 6.90. The predicted octanol–water partition coefficient (Wildman–Crippen LogP) is 2.13. The van der Waals surface area contributed by atoms with Crippen molar-refractivity contribution in [3.8, 4) is 0 Å². The summed E-state index contributed by atoms with van der Waals surface area (Å²) in [4.78, 5) is 19.8. The molecule has 1 aromatic carbocycles. The van der Waals surface area contributed by atoms with Gasteiger partial charge in [-0.3, -0.25) is 4.79 Å².